The summed E-state index contributed by atoms with van der Waals surface area (Å²) in [4.78, 5) is 0. The maximum atomic E-state index is 5.86. The van der Waals surface area contributed by atoms with Crippen LogP contribution in [0.1, 0.15) is 30.4 Å². The molecular weight excluding hydrogens is 158 g/mol. The molecule has 1 heteroatoms. The predicted octanol–water partition coefficient (Wildman–Crippen LogP) is 2.45. The van der Waals surface area contributed by atoms with Crippen molar-refractivity contribution in [1.82, 2.24) is 0 Å². The van der Waals surface area contributed by atoms with Gasteiger partial charge in [0, 0.05) is 6.04 Å². The Balaban J connectivity index is 2.12. The molecule has 0 bridgehead atoms. The Hall–Kier alpha value is -0.820. The summed E-state index contributed by atoms with van der Waals surface area (Å²) in [5.74, 6) is 1.46. The summed E-state index contributed by atoms with van der Waals surface area (Å²) < 4.78 is 0. The van der Waals surface area contributed by atoms with Crippen LogP contribution in [-0.2, 0) is 0 Å². The average Bonchev–Trinajstić information content (AvgIpc) is 2.82. The third-order valence-corrected chi connectivity index (χ3v) is 2.99. The van der Waals surface area contributed by atoms with E-state index in [-0.39, 0.29) is 0 Å². The van der Waals surface area contributed by atoms with Crippen LogP contribution in [0.15, 0.2) is 24.3 Å². The Morgan fingerprint density at radius 3 is 2.77 bits per heavy atom. The topological polar surface area (TPSA) is 26.0 Å². The number of benzene rings is 1. The van der Waals surface area contributed by atoms with Crippen LogP contribution in [0.2, 0.25) is 0 Å². The van der Waals surface area contributed by atoms with Gasteiger partial charge in [0.1, 0.15) is 0 Å². The maximum absolute atomic E-state index is 5.86. The molecule has 2 rings (SSSR count). The summed E-state index contributed by atoms with van der Waals surface area (Å²) in [6.45, 7) is 4.26. The second-order valence-electron chi connectivity index (χ2n) is 4.28. The van der Waals surface area contributed by atoms with Gasteiger partial charge in [-0.15, -0.1) is 0 Å². The minimum absolute atomic E-state index is 0.352. The first-order valence-corrected chi connectivity index (χ1v) is 5.00. The number of hydrogen-bond donors (Lipinski definition) is 1. The SMILES string of the molecule is Cc1cccc(C2CC2C(C)N)c1. The molecule has 0 spiro atoms. The van der Waals surface area contributed by atoms with Crippen LogP contribution in [0, 0.1) is 12.8 Å². The van der Waals surface area contributed by atoms with E-state index in [0.717, 1.165) is 11.8 Å². The van der Waals surface area contributed by atoms with Crippen molar-refractivity contribution in [2.75, 3.05) is 0 Å². The van der Waals surface area contributed by atoms with E-state index in [1.54, 1.807) is 0 Å². The highest BCUT2D eigenvalue weighted by Gasteiger charge is 2.40. The molecule has 0 aliphatic heterocycles. The molecule has 1 saturated carbocycles. The molecule has 2 N–H and O–H groups in total. The minimum atomic E-state index is 0.352. The van der Waals surface area contributed by atoms with E-state index < -0.39 is 0 Å². The Bertz CT molecular complexity index is 304. The van der Waals surface area contributed by atoms with E-state index in [2.05, 4.69) is 38.1 Å². The van der Waals surface area contributed by atoms with E-state index in [1.165, 1.54) is 17.5 Å². The van der Waals surface area contributed by atoms with Crippen molar-refractivity contribution in [3.8, 4) is 0 Å². The first kappa shape index (κ1) is 8.76. The van der Waals surface area contributed by atoms with Crippen LogP contribution in [0.3, 0.4) is 0 Å². The normalized spacial score (nSPS) is 28.5. The van der Waals surface area contributed by atoms with Crippen molar-refractivity contribution in [2.45, 2.75) is 32.2 Å². The van der Waals surface area contributed by atoms with E-state index in [4.69, 9.17) is 5.73 Å². The van der Waals surface area contributed by atoms with E-state index in [1.807, 2.05) is 0 Å². The second-order valence-corrected chi connectivity index (χ2v) is 4.28. The van der Waals surface area contributed by atoms with Gasteiger partial charge in [-0.3, -0.25) is 0 Å². The molecule has 0 aromatic heterocycles. The zero-order chi connectivity index (χ0) is 9.42. The zero-order valence-corrected chi connectivity index (χ0v) is 8.33. The molecule has 13 heavy (non-hydrogen) atoms. The molecule has 1 aliphatic rings. The summed E-state index contributed by atoms with van der Waals surface area (Å²) in [6.07, 6.45) is 1.28. The highest BCUT2D eigenvalue weighted by atomic mass is 14.7. The third-order valence-electron chi connectivity index (χ3n) is 2.99. The predicted molar refractivity (Wildman–Crippen MR) is 55.7 cm³/mol. The highest BCUT2D eigenvalue weighted by Crippen LogP contribution is 2.48. The van der Waals surface area contributed by atoms with Gasteiger partial charge < -0.3 is 5.73 Å². The maximum Gasteiger partial charge on any atom is 0.00448 e. The smallest absolute Gasteiger partial charge is 0.00448 e. The first-order valence-electron chi connectivity index (χ1n) is 5.00. The first-order chi connectivity index (χ1) is 6.18. The highest BCUT2D eigenvalue weighted by molar-refractivity contribution is 5.30. The van der Waals surface area contributed by atoms with Crippen molar-refractivity contribution in [2.24, 2.45) is 11.7 Å². The van der Waals surface area contributed by atoms with E-state index in [9.17, 15) is 0 Å². The van der Waals surface area contributed by atoms with Gasteiger partial charge in [-0.1, -0.05) is 29.8 Å². The Labute approximate surface area is 80.0 Å². The average molecular weight is 175 g/mol. The lowest BCUT2D eigenvalue weighted by Crippen LogP contribution is -2.17. The molecule has 3 unspecified atom stereocenters. The molecule has 1 nitrogen and oxygen atoms in total. The fraction of sp³-hybridized carbons (Fsp3) is 0.500. The van der Waals surface area contributed by atoms with Crippen LogP contribution in [-0.4, -0.2) is 6.04 Å². The molecule has 0 amide bonds. The van der Waals surface area contributed by atoms with E-state index >= 15 is 0 Å². The molecule has 3 atom stereocenters. The lowest BCUT2D eigenvalue weighted by molar-refractivity contribution is 0.631. The molecule has 1 aliphatic carbocycles. The summed E-state index contributed by atoms with van der Waals surface area (Å²) in [7, 11) is 0. The van der Waals surface area contributed by atoms with Crippen LogP contribution in [0.5, 0.6) is 0 Å². The van der Waals surface area contributed by atoms with Crippen molar-refractivity contribution < 1.29 is 0 Å². The van der Waals surface area contributed by atoms with Gasteiger partial charge in [0.25, 0.3) is 0 Å². The molecule has 0 radical (unpaired) electrons. The molecule has 0 saturated heterocycles. The molecular formula is C12H17N. The van der Waals surface area contributed by atoms with Crippen LogP contribution in [0.25, 0.3) is 0 Å². The summed E-state index contributed by atoms with van der Waals surface area (Å²) in [5.41, 5.74) is 8.69. The van der Waals surface area contributed by atoms with Gasteiger partial charge in [-0.25, -0.2) is 0 Å². The number of aryl methyl sites for hydroxylation is 1. The monoisotopic (exact) mass is 175 g/mol. The van der Waals surface area contributed by atoms with Gasteiger partial charge in [0.2, 0.25) is 0 Å². The lowest BCUT2D eigenvalue weighted by atomic mass is 10.0. The van der Waals surface area contributed by atoms with Gasteiger partial charge >= 0.3 is 0 Å². The van der Waals surface area contributed by atoms with Crippen molar-refractivity contribution in [3.63, 3.8) is 0 Å². The fourth-order valence-electron chi connectivity index (χ4n) is 2.08. The summed E-state index contributed by atoms with van der Waals surface area (Å²) >= 11 is 0. The number of rotatable bonds is 2. The van der Waals surface area contributed by atoms with Gasteiger partial charge in [0.15, 0.2) is 0 Å². The van der Waals surface area contributed by atoms with Crippen molar-refractivity contribution in [3.05, 3.63) is 35.4 Å². The van der Waals surface area contributed by atoms with Crippen molar-refractivity contribution >= 4 is 0 Å². The molecule has 70 valence electrons. The summed E-state index contributed by atoms with van der Waals surface area (Å²) in [5, 5.41) is 0. The molecule has 1 aromatic carbocycles. The Morgan fingerprint density at radius 2 is 2.23 bits per heavy atom. The largest absolute Gasteiger partial charge is 0.328 e. The molecule has 0 heterocycles. The minimum Gasteiger partial charge on any atom is -0.328 e. The van der Waals surface area contributed by atoms with Crippen LogP contribution in [0.4, 0.5) is 0 Å². The van der Waals surface area contributed by atoms with Gasteiger partial charge in [-0.05, 0) is 37.7 Å². The Kier molecular flexibility index (Phi) is 2.12. The zero-order valence-electron chi connectivity index (χ0n) is 8.33. The fourth-order valence-corrected chi connectivity index (χ4v) is 2.08. The van der Waals surface area contributed by atoms with Crippen LogP contribution < -0.4 is 5.73 Å². The standard InChI is InChI=1S/C12H17N/c1-8-4-3-5-10(6-8)12-7-11(12)9(2)13/h3-6,9,11-12H,7,13H2,1-2H3. The lowest BCUT2D eigenvalue weighted by Gasteiger charge is -2.04. The van der Waals surface area contributed by atoms with Gasteiger partial charge in [-0.2, -0.15) is 0 Å². The number of nitrogens with two attached hydrogens (primary N) is 1. The molecule has 1 fully saturated rings. The third kappa shape index (κ3) is 1.75. The van der Waals surface area contributed by atoms with E-state index in [0.29, 0.717) is 6.04 Å². The Morgan fingerprint density at radius 1 is 1.46 bits per heavy atom. The van der Waals surface area contributed by atoms with Crippen LogP contribution >= 0.6 is 0 Å². The summed E-state index contributed by atoms with van der Waals surface area (Å²) in [6, 6.07) is 9.15. The molecule has 1 aromatic rings. The number of hydrogen-bond acceptors (Lipinski definition) is 1. The van der Waals surface area contributed by atoms with Crippen molar-refractivity contribution in [1.29, 1.82) is 0 Å². The second kappa shape index (κ2) is 3.15. The quantitative estimate of drug-likeness (QED) is 0.734. The van der Waals surface area contributed by atoms with Gasteiger partial charge in [0.05, 0.1) is 0 Å².